The summed E-state index contributed by atoms with van der Waals surface area (Å²) in [5.41, 5.74) is 6.27. The Hall–Kier alpha value is -1.93. The van der Waals surface area contributed by atoms with Crippen molar-refractivity contribution in [3.63, 3.8) is 0 Å². The Balaban J connectivity index is 1.74. The third kappa shape index (κ3) is 3.22. The Bertz CT molecular complexity index is 593. The summed E-state index contributed by atoms with van der Waals surface area (Å²) < 4.78 is 7.04. The third-order valence-corrected chi connectivity index (χ3v) is 3.80. The average Bonchev–Trinajstić information content (AvgIpc) is 3.02. The van der Waals surface area contributed by atoms with Gasteiger partial charge in [-0.1, -0.05) is 5.16 Å². The monoisotopic (exact) mass is 291 g/mol. The molecule has 1 unspecified atom stereocenters. The van der Waals surface area contributed by atoms with Crippen molar-refractivity contribution in [2.75, 3.05) is 39.5 Å². The maximum Gasteiger partial charge on any atom is 0.248 e. The lowest BCUT2D eigenvalue weighted by molar-refractivity contribution is 0.214. The fourth-order valence-corrected chi connectivity index (χ4v) is 2.62. The number of aromatic nitrogens is 4. The van der Waals surface area contributed by atoms with Crippen molar-refractivity contribution >= 4 is 5.69 Å². The van der Waals surface area contributed by atoms with E-state index in [1.165, 1.54) is 0 Å². The average molecular weight is 291 g/mol. The van der Waals surface area contributed by atoms with Crippen molar-refractivity contribution in [2.24, 2.45) is 0 Å². The molecule has 1 saturated heterocycles. The molecule has 0 aliphatic carbocycles. The van der Waals surface area contributed by atoms with E-state index in [4.69, 9.17) is 10.3 Å². The van der Waals surface area contributed by atoms with Gasteiger partial charge in [0, 0.05) is 12.7 Å². The lowest BCUT2D eigenvalue weighted by Crippen LogP contribution is -2.31. The van der Waals surface area contributed by atoms with Gasteiger partial charge in [-0.05, 0) is 33.6 Å². The summed E-state index contributed by atoms with van der Waals surface area (Å²) >= 11 is 0. The standard InChI is InChI=1S/C13H21N7O/c1-18-4-3-5-19(2)11(8-18)13-16-12(21-17-13)9-20-7-10(14)6-15-20/h6-7,11H,3-5,8-9,14H2,1-2H3. The fourth-order valence-electron chi connectivity index (χ4n) is 2.62. The summed E-state index contributed by atoms with van der Waals surface area (Å²) in [5, 5.41) is 8.26. The molecule has 1 fully saturated rings. The lowest BCUT2D eigenvalue weighted by atomic mass is 10.2. The van der Waals surface area contributed by atoms with Gasteiger partial charge in [0.05, 0.1) is 17.9 Å². The molecule has 0 aromatic carbocycles. The molecule has 2 aromatic rings. The van der Waals surface area contributed by atoms with Crippen LogP contribution in [0.3, 0.4) is 0 Å². The van der Waals surface area contributed by atoms with E-state index in [0.29, 0.717) is 18.1 Å². The molecular formula is C13H21N7O. The van der Waals surface area contributed by atoms with Gasteiger partial charge in [-0.2, -0.15) is 10.1 Å². The van der Waals surface area contributed by atoms with Crippen molar-refractivity contribution < 1.29 is 4.52 Å². The number of likely N-dealkylation sites (N-methyl/N-ethyl adjacent to an activating group) is 2. The Kier molecular flexibility index (Phi) is 3.89. The van der Waals surface area contributed by atoms with Crippen LogP contribution in [0.2, 0.25) is 0 Å². The molecule has 3 rings (SSSR count). The number of nitrogens with zero attached hydrogens (tertiary/aromatic N) is 6. The molecule has 114 valence electrons. The van der Waals surface area contributed by atoms with Gasteiger partial charge in [0.2, 0.25) is 5.89 Å². The maximum atomic E-state index is 5.64. The number of rotatable bonds is 3. The van der Waals surface area contributed by atoms with Crippen molar-refractivity contribution in [1.29, 1.82) is 0 Å². The fraction of sp³-hybridized carbons (Fsp3) is 0.615. The number of anilines is 1. The predicted octanol–water partition coefficient (Wildman–Crippen LogP) is 0.205. The quantitative estimate of drug-likeness (QED) is 0.864. The highest BCUT2D eigenvalue weighted by atomic mass is 16.5. The van der Waals surface area contributed by atoms with E-state index in [0.717, 1.165) is 31.9 Å². The van der Waals surface area contributed by atoms with Gasteiger partial charge < -0.3 is 15.2 Å². The minimum absolute atomic E-state index is 0.165. The zero-order valence-electron chi connectivity index (χ0n) is 12.4. The van der Waals surface area contributed by atoms with Crippen molar-refractivity contribution in [3.05, 3.63) is 24.1 Å². The molecule has 8 heteroatoms. The van der Waals surface area contributed by atoms with Crippen LogP contribution in [-0.2, 0) is 6.54 Å². The molecule has 0 bridgehead atoms. The van der Waals surface area contributed by atoms with E-state index in [1.54, 1.807) is 17.1 Å². The first-order valence-electron chi connectivity index (χ1n) is 7.11. The molecule has 1 atom stereocenters. The van der Waals surface area contributed by atoms with Crippen molar-refractivity contribution in [1.82, 2.24) is 29.7 Å². The van der Waals surface area contributed by atoms with Gasteiger partial charge in [0.25, 0.3) is 0 Å². The van der Waals surface area contributed by atoms with Gasteiger partial charge >= 0.3 is 0 Å². The normalized spacial score (nSPS) is 21.5. The summed E-state index contributed by atoms with van der Waals surface area (Å²) in [6.45, 7) is 3.48. The number of hydrogen-bond donors (Lipinski definition) is 1. The van der Waals surface area contributed by atoms with Gasteiger partial charge in [-0.15, -0.1) is 0 Å². The second kappa shape index (κ2) is 5.82. The summed E-state index contributed by atoms with van der Waals surface area (Å²) in [6, 6.07) is 0.165. The number of nitrogen functional groups attached to an aromatic ring is 1. The molecule has 3 heterocycles. The summed E-state index contributed by atoms with van der Waals surface area (Å²) in [7, 11) is 4.23. The van der Waals surface area contributed by atoms with E-state index in [2.05, 4.69) is 39.1 Å². The summed E-state index contributed by atoms with van der Waals surface area (Å²) in [4.78, 5) is 9.10. The minimum Gasteiger partial charge on any atom is -0.396 e. The number of hydrogen-bond acceptors (Lipinski definition) is 7. The topological polar surface area (TPSA) is 89.2 Å². The van der Waals surface area contributed by atoms with Crippen LogP contribution in [0, 0.1) is 0 Å². The summed E-state index contributed by atoms with van der Waals surface area (Å²) in [5.74, 6) is 1.29. The largest absolute Gasteiger partial charge is 0.396 e. The first-order chi connectivity index (χ1) is 10.1. The zero-order chi connectivity index (χ0) is 14.8. The molecule has 0 saturated carbocycles. The molecule has 0 spiro atoms. The molecule has 21 heavy (non-hydrogen) atoms. The zero-order valence-corrected chi connectivity index (χ0v) is 12.4. The Morgan fingerprint density at radius 1 is 1.38 bits per heavy atom. The van der Waals surface area contributed by atoms with Crippen LogP contribution in [0.25, 0.3) is 0 Å². The first-order valence-corrected chi connectivity index (χ1v) is 7.11. The molecule has 8 nitrogen and oxygen atoms in total. The second-order valence-corrected chi connectivity index (χ2v) is 5.63. The third-order valence-electron chi connectivity index (χ3n) is 3.80. The van der Waals surface area contributed by atoms with Gasteiger partial charge in [-0.25, -0.2) is 0 Å². The van der Waals surface area contributed by atoms with Crippen molar-refractivity contribution in [2.45, 2.75) is 19.0 Å². The van der Waals surface area contributed by atoms with Crippen LogP contribution in [0.15, 0.2) is 16.9 Å². The smallest absolute Gasteiger partial charge is 0.248 e. The second-order valence-electron chi connectivity index (χ2n) is 5.63. The maximum absolute atomic E-state index is 5.64. The molecule has 0 amide bonds. The highest BCUT2D eigenvalue weighted by Crippen LogP contribution is 2.20. The molecule has 1 aliphatic heterocycles. The van der Waals surface area contributed by atoms with Crippen LogP contribution in [-0.4, -0.2) is 63.5 Å². The minimum atomic E-state index is 0.165. The SMILES string of the molecule is CN1CCCN(C)C(c2noc(Cn3cc(N)cn3)n2)C1. The van der Waals surface area contributed by atoms with Crippen LogP contribution >= 0.6 is 0 Å². The Morgan fingerprint density at radius 3 is 3.00 bits per heavy atom. The van der Waals surface area contributed by atoms with Gasteiger partial charge in [0.15, 0.2) is 5.82 Å². The van der Waals surface area contributed by atoms with Gasteiger partial charge in [-0.3, -0.25) is 9.58 Å². The predicted molar refractivity (Wildman–Crippen MR) is 77.5 cm³/mol. The Morgan fingerprint density at radius 2 is 2.24 bits per heavy atom. The molecule has 2 aromatic heterocycles. The first kappa shape index (κ1) is 14.0. The summed E-state index contributed by atoms with van der Waals surface area (Å²) in [6.07, 6.45) is 4.50. The van der Waals surface area contributed by atoms with Gasteiger partial charge in [0.1, 0.15) is 6.54 Å². The van der Waals surface area contributed by atoms with Crippen LogP contribution in [0.4, 0.5) is 5.69 Å². The van der Waals surface area contributed by atoms with Crippen LogP contribution in [0.1, 0.15) is 24.2 Å². The van der Waals surface area contributed by atoms with E-state index in [-0.39, 0.29) is 6.04 Å². The number of nitrogens with two attached hydrogens (primary N) is 1. The lowest BCUT2D eigenvalue weighted by Gasteiger charge is -2.24. The van der Waals surface area contributed by atoms with Crippen LogP contribution in [0.5, 0.6) is 0 Å². The van der Waals surface area contributed by atoms with E-state index < -0.39 is 0 Å². The van der Waals surface area contributed by atoms with E-state index in [1.807, 2.05) is 0 Å². The highest BCUT2D eigenvalue weighted by Gasteiger charge is 2.26. The van der Waals surface area contributed by atoms with Crippen molar-refractivity contribution in [3.8, 4) is 0 Å². The van der Waals surface area contributed by atoms with Crippen LogP contribution < -0.4 is 5.73 Å². The molecule has 1 aliphatic rings. The Labute approximate surface area is 123 Å². The highest BCUT2D eigenvalue weighted by molar-refractivity contribution is 5.30. The molecule has 0 radical (unpaired) electrons. The molecule has 2 N–H and O–H groups in total. The van der Waals surface area contributed by atoms with E-state index >= 15 is 0 Å². The van der Waals surface area contributed by atoms with E-state index in [9.17, 15) is 0 Å². The molecular weight excluding hydrogens is 270 g/mol.